The van der Waals surface area contributed by atoms with Gasteiger partial charge in [0.05, 0.1) is 22.6 Å². The molecule has 0 N–H and O–H groups in total. The number of hydrogen-bond acceptors (Lipinski definition) is 4. The summed E-state index contributed by atoms with van der Waals surface area (Å²) in [6, 6.07) is 0. The first kappa shape index (κ1) is 12.8. The zero-order valence-electron chi connectivity index (χ0n) is 12.2. The van der Waals surface area contributed by atoms with Crippen molar-refractivity contribution in [2.24, 2.45) is 10.2 Å². The van der Waals surface area contributed by atoms with Gasteiger partial charge in [0.2, 0.25) is 0 Å². The van der Waals surface area contributed by atoms with E-state index < -0.39 is 0 Å². The van der Waals surface area contributed by atoms with Gasteiger partial charge in [0.1, 0.15) is 0 Å². The molecule has 0 saturated carbocycles. The van der Waals surface area contributed by atoms with Crippen molar-refractivity contribution >= 4 is 18.5 Å². The van der Waals surface area contributed by atoms with Crippen LogP contribution in [0.15, 0.2) is 33.4 Å². The van der Waals surface area contributed by atoms with Gasteiger partial charge < -0.3 is 9.31 Å². The van der Waals surface area contributed by atoms with Crippen LogP contribution in [0.5, 0.6) is 0 Å². The number of rotatable bonds is 1. The molecule has 5 heteroatoms. The number of nitrogens with zero attached hydrogens (tertiary/aromatic N) is 2. The maximum Gasteiger partial charge on any atom is 0.495 e. The van der Waals surface area contributed by atoms with Crippen molar-refractivity contribution in [2.75, 3.05) is 0 Å². The van der Waals surface area contributed by atoms with Crippen molar-refractivity contribution in [3.8, 4) is 0 Å². The fourth-order valence-corrected chi connectivity index (χ4v) is 2.51. The molecule has 0 radical (unpaired) electrons. The van der Waals surface area contributed by atoms with E-state index in [-0.39, 0.29) is 18.3 Å². The number of hydrogen-bond donors (Lipinski definition) is 0. The van der Waals surface area contributed by atoms with Crippen LogP contribution in [-0.4, -0.2) is 29.7 Å². The highest BCUT2D eigenvalue weighted by atomic mass is 16.7. The Kier molecular flexibility index (Phi) is 2.63. The average Bonchev–Trinajstić information content (AvgIpc) is 2.78. The van der Waals surface area contributed by atoms with Crippen molar-refractivity contribution in [1.82, 2.24) is 0 Å². The summed E-state index contributed by atoms with van der Waals surface area (Å²) in [7, 11) is -0.343. The van der Waals surface area contributed by atoms with Crippen LogP contribution in [0, 0.1) is 0 Å². The van der Waals surface area contributed by atoms with E-state index in [1.807, 2.05) is 6.92 Å². The first-order valence-corrected chi connectivity index (χ1v) is 6.70. The summed E-state index contributed by atoms with van der Waals surface area (Å²) in [4.78, 5) is 0. The summed E-state index contributed by atoms with van der Waals surface area (Å²) in [6.45, 7) is 10.2. The smallest absolute Gasteiger partial charge is 0.399 e. The second kappa shape index (κ2) is 3.90. The minimum atomic E-state index is -0.343. The molecule has 3 rings (SSSR count). The van der Waals surface area contributed by atoms with Crippen molar-refractivity contribution in [3.05, 3.63) is 23.2 Å². The third-order valence-corrected chi connectivity index (χ3v) is 4.38. The molecular weight excluding hydrogens is 239 g/mol. The van der Waals surface area contributed by atoms with Crippen molar-refractivity contribution in [3.63, 3.8) is 0 Å². The van der Waals surface area contributed by atoms with Gasteiger partial charge in [0.25, 0.3) is 0 Å². The lowest BCUT2D eigenvalue weighted by atomic mass is 9.71. The van der Waals surface area contributed by atoms with Crippen LogP contribution in [0.4, 0.5) is 0 Å². The summed E-state index contributed by atoms with van der Waals surface area (Å²) in [5.41, 5.74) is 3.46. The molecule has 0 aromatic heterocycles. The molecule has 0 amide bonds. The van der Waals surface area contributed by atoms with Crippen LogP contribution < -0.4 is 0 Å². The van der Waals surface area contributed by atoms with E-state index in [9.17, 15) is 0 Å². The van der Waals surface area contributed by atoms with Gasteiger partial charge in [-0.3, -0.25) is 0 Å². The van der Waals surface area contributed by atoms with Crippen LogP contribution in [0.2, 0.25) is 0 Å². The third-order valence-electron chi connectivity index (χ3n) is 4.38. The SMILES string of the molecule is CC1=NN=C2CC=CC(B3OC(C)(C)C(C)(C)O3)=C12. The molecule has 0 atom stereocenters. The molecule has 2 aliphatic heterocycles. The minimum Gasteiger partial charge on any atom is -0.399 e. The number of allylic oxidation sites excluding steroid dienone is 4. The third kappa shape index (κ3) is 1.83. The molecule has 3 aliphatic rings. The van der Waals surface area contributed by atoms with Gasteiger partial charge in [-0.05, 0) is 40.1 Å². The van der Waals surface area contributed by atoms with Gasteiger partial charge >= 0.3 is 7.12 Å². The molecule has 1 fully saturated rings. The summed E-state index contributed by atoms with van der Waals surface area (Å²) in [5, 5.41) is 8.39. The van der Waals surface area contributed by atoms with Gasteiger partial charge in [0, 0.05) is 12.0 Å². The van der Waals surface area contributed by atoms with E-state index in [1.54, 1.807) is 0 Å². The molecule has 4 nitrogen and oxygen atoms in total. The van der Waals surface area contributed by atoms with Crippen LogP contribution >= 0.6 is 0 Å². The Bertz CT molecular complexity index is 540. The molecule has 19 heavy (non-hydrogen) atoms. The lowest BCUT2D eigenvalue weighted by molar-refractivity contribution is 0.00578. The zero-order chi connectivity index (χ0) is 13.8. The normalized spacial score (nSPS) is 27.5. The lowest BCUT2D eigenvalue weighted by Gasteiger charge is -2.32. The Morgan fingerprint density at radius 3 is 2.37 bits per heavy atom. The Morgan fingerprint density at radius 2 is 1.74 bits per heavy atom. The monoisotopic (exact) mass is 258 g/mol. The van der Waals surface area contributed by atoms with Crippen LogP contribution in [0.25, 0.3) is 0 Å². The lowest BCUT2D eigenvalue weighted by Crippen LogP contribution is -2.41. The molecule has 1 saturated heterocycles. The quantitative estimate of drug-likeness (QED) is 0.678. The largest absolute Gasteiger partial charge is 0.495 e. The van der Waals surface area contributed by atoms with E-state index in [1.165, 1.54) is 0 Å². The van der Waals surface area contributed by atoms with Crippen LogP contribution in [-0.2, 0) is 9.31 Å². The predicted octanol–water partition coefficient (Wildman–Crippen LogP) is 2.70. The van der Waals surface area contributed by atoms with Crippen LogP contribution in [0.1, 0.15) is 41.0 Å². The molecular formula is C14H19BN2O2. The van der Waals surface area contributed by atoms with Gasteiger partial charge in [-0.15, -0.1) is 0 Å². The Hall–Kier alpha value is -1.20. The van der Waals surface area contributed by atoms with Crippen molar-refractivity contribution in [1.29, 1.82) is 0 Å². The molecule has 100 valence electrons. The first-order valence-electron chi connectivity index (χ1n) is 6.70. The summed E-state index contributed by atoms with van der Waals surface area (Å²) in [6.07, 6.45) is 5.01. The molecule has 0 spiro atoms. The predicted molar refractivity (Wildman–Crippen MR) is 77.4 cm³/mol. The second-order valence-electron chi connectivity index (χ2n) is 6.26. The van der Waals surface area contributed by atoms with Gasteiger partial charge in [-0.1, -0.05) is 12.2 Å². The molecule has 0 bridgehead atoms. The summed E-state index contributed by atoms with van der Waals surface area (Å²) in [5.74, 6) is 0. The fraction of sp³-hybridized carbons (Fsp3) is 0.571. The summed E-state index contributed by atoms with van der Waals surface area (Å²) >= 11 is 0. The highest BCUT2D eigenvalue weighted by Gasteiger charge is 2.53. The highest BCUT2D eigenvalue weighted by Crippen LogP contribution is 2.40. The minimum absolute atomic E-state index is 0.322. The maximum atomic E-state index is 6.12. The molecule has 0 aromatic rings. The fourth-order valence-electron chi connectivity index (χ4n) is 2.51. The molecule has 0 unspecified atom stereocenters. The number of fused-ring (bicyclic) bond motifs is 1. The topological polar surface area (TPSA) is 43.2 Å². The van der Waals surface area contributed by atoms with Gasteiger partial charge in [-0.25, -0.2) is 0 Å². The van der Waals surface area contributed by atoms with Crippen molar-refractivity contribution in [2.45, 2.75) is 52.2 Å². The van der Waals surface area contributed by atoms with Gasteiger partial charge in [-0.2, -0.15) is 10.2 Å². The second-order valence-corrected chi connectivity index (χ2v) is 6.26. The summed E-state index contributed by atoms with van der Waals surface area (Å²) < 4.78 is 12.2. The Labute approximate surface area is 114 Å². The van der Waals surface area contributed by atoms with E-state index in [0.29, 0.717) is 0 Å². The van der Waals surface area contributed by atoms with E-state index in [2.05, 4.69) is 50.0 Å². The standard InChI is InChI=1S/C14H19BN2O2/c1-9-12-10(7-6-8-11(12)17-16-9)15-18-13(2,3)14(4,5)19-15/h6-7H,8H2,1-5H3. The molecule has 1 aliphatic carbocycles. The Morgan fingerprint density at radius 1 is 1.11 bits per heavy atom. The zero-order valence-corrected chi connectivity index (χ0v) is 12.2. The van der Waals surface area contributed by atoms with Crippen molar-refractivity contribution < 1.29 is 9.31 Å². The Balaban J connectivity index is 2.00. The van der Waals surface area contributed by atoms with E-state index in [0.717, 1.165) is 28.9 Å². The molecule has 0 aromatic carbocycles. The highest BCUT2D eigenvalue weighted by molar-refractivity contribution is 6.58. The van der Waals surface area contributed by atoms with Gasteiger partial charge in [0.15, 0.2) is 0 Å². The van der Waals surface area contributed by atoms with E-state index in [4.69, 9.17) is 9.31 Å². The average molecular weight is 258 g/mol. The molecule has 2 heterocycles. The van der Waals surface area contributed by atoms with E-state index >= 15 is 0 Å². The first-order chi connectivity index (χ1) is 8.82. The van der Waals surface area contributed by atoms with Crippen LogP contribution in [0.3, 0.4) is 0 Å². The maximum absolute atomic E-state index is 6.12.